The largest absolute Gasteiger partial charge is 0.342 e. The first-order valence-corrected chi connectivity index (χ1v) is 7.81. The van der Waals surface area contributed by atoms with Gasteiger partial charge in [-0.2, -0.15) is 8.78 Å². The number of rotatable bonds is 4. The zero-order chi connectivity index (χ0) is 14.8. The molecule has 1 atom stereocenters. The highest BCUT2D eigenvalue weighted by molar-refractivity contribution is 8.14. The van der Waals surface area contributed by atoms with E-state index in [0.717, 1.165) is 5.75 Å². The van der Waals surface area contributed by atoms with Crippen molar-refractivity contribution in [2.75, 3.05) is 17.3 Å². The van der Waals surface area contributed by atoms with E-state index in [1.165, 1.54) is 28.9 Å². The molecule has 2 rings (SSSR count). The molecule has 2 N–H and O–H groups in total. The van der Waals surface area contributed by atoms with Crippen LogP contribution in [0.5, 0.6) is 0 Å². The molecule has 110 valence electrons. The second kappa shape index (κ2) is 6.46. The highest BCUT2D eigenvalue weighted by atomic mass is 35.5. The predicted octanol–water partition coefficient (Wildman–Crippen LogP) is 3.69. The summed E-state index contributed by atoms with van der Waals surface area (Å²) in [5, 5.41) is -1.60. The first kappa shape index (κ1) is 15.8. The molecular formula is C11H11ClF3N3S2. The van der Waals surface area contributed by atoms with Crippen molar-refractivity contribution in [3.63, 3.8) is 0 Å². The van der Waals surface area contributed by atoms with Gasteiger partial charge in [-0.1, -0.05) is 23.4 Å². The third-order valence-electron chi connectivity index (χ3n) is 2.40. The van der Waals surface area contributed by atoms with Gasteiger partial charge in [0, 0.05) is 10.6 Å². The molecule has 1 aromatic carbocycles. The number of aliphatic imine (C=N–C) groups is 1. The molecule has 9 heteroatoms. The number of hydrazine groups is 1. The number of benzene rings is 1. The zero-order valence-electron chi connectivity index (χ0n) is 10.1. The summed E-state index contributed by atoms with van der Waals surface area (Å²) in [4.78, 5) is 4.41. The second-order valence-electron chi connectivity index (χ2n) is 3.84. The molecule has 1 aliphatic rings. The average Bonchev–Trinajstić information content (AvgIpc) is 2.92. The Balaban J connectivity index is 2.06. The number of alkyl halides is 4. The van der Waals surface area contributed by atoms with Crippen molar-refractivity contribution in [3.05, 3.63) is 24.3 Å². The van der Waals surface area contributed by atoms with Gasteiger partial charge < -0.3 is 0 Å². The topological polar surface area (TPSA) is 41.6 Å². The first-order chi connectivity index (χ1) is 9.40. The quantitative estimate of drug-likeness (QED) is 0.392. The number of halogens is 4. The summed E-state index contributed by atoms with van der Waals surface area (Å²) >= 11 is 6.40. The van der Waals surface area contributed by atoms with Gasteiger partial charge in [0.05, 0.1) is 12.2 Å². The van der Waals surface area contributed by atoms with E-state index in [9.17, 15) is 13.2 Å². The molecule has 0 amide bonds. The minimum Gasteiger partial charge on any atom is -0.260 e. The van der Waals surface area contributed by atoms with E-state index in [1.807, 2.05) is 0 Å². The SMILES string of the molecule is NN(C1=NCCS1)c1ccc(SC(F)(F)C(F)Cl)cc1. The van der Waals surface area contributed by atoms with Gasteiger partial charge in [-0.25, -0.2) is 10.2 Å². The fourth-order valence-electron chi connectivity index (χ4n) is 1.46. The van der Waals surface area contributed by atoms with Crippen molar-refractivity contribution in [1.82, 2.24) is 0 Å². The predicted molar refractivity (Wildman–Crippen MR) is 79.4 cm³/mol. The molecule has 0 aliphatic carbocycles. The minimum absolute atomic E-state index is 0.0716. The first-order valence-electron chi connectivity index (χ1n) is 5.57. The number of hydrogen-bond donors (Lipinski definition) is 1. The van der Waals surface area contributed by atoms with Crippen molar-refractivity contribution in [2.45, 2.75) is 15.8 Å². The highest BCUT2D eigenvalue weighted by Gasteiger charge is 2.40. The lowest BCUT2D eigenvalue weighted by Gasteiger charge is -2.19. The van der Waals surface area contributed by atoms with Crippen molar-refractivity contribution in [2.24, 2.45) is 10.8 Å². The summed E-state index contributed by atoms with van der Waals surface area (Å²) in [6, 6.07) is 6.02. The number of amidine groups is 1. The van der Waals surface area contributed by atoms with Crippen LogP contribution in [-0.2, 0) is 0 Å². The van der Waals surface area contributed by atoms with Crippen LogP contribution in [0.1, 0.15) is 0 Å². The molecule has 0 fully saturated rings. The summed E-state index contributed by atoms with van der Waals surface area (Å²) in [6.07, 6.45) is 0. The Hall–Kier alpha value is -0.570. The van der Waals surface area contributed by atoms with Crippen molar-refractivity contribution in [3.8, 4) is 0 Å². The minimum atomic E-state index is -3.67. The second-order valence-corrected chi connectivity index (χ2v) is 6.51. The average molecular weight is 342 g/mol. The maximum absolute atomic E-state index is 13.1. The molecule has 1 heterocycles. The fraction of sp³-hybridized carbons (Fsp3) is 0.364. The van der Waals surface area contributed by atoms with Gasteiger partial charge in [0.1, 0.15) is 0 Å². The number of hydrogen-bond acceptors (Lipinski definition) is 5. The van der Waals surface area contributed by atoms with Crippen LogP contribution in [-0.4, -0.2) is 28.4 Å². The summed E-state index contributed by atoms with van der Waals surface area (Å²) in [5.74, 6) is 6.74. The van der Waals surface area contributed by atoms with E-state index in [4.69, 9.17) is 17.4 Å². The van der Waals surface area contributed by atoms with E-state index in [1.54, 1.807) is 12.1 Å². The van der Waals surface area contributed by atoms with Gasteiger partial charge in [0.2, 0.25) is 5.63 Å². The molecule has 0 spiro atoms. The van der Waals surface area contributed by atoms with E-state index < -0.39 is 10.9 Å². The van der Waals surface area contributed by atoms with E-state index in [2.05, 4.69) is 4.99 Å². The van der Waals surface area contributed by atoms with Gasteiger partial charge in [0.15, 0.2) is 5.17 Å². The van der Waals surface area contributed by atoms with Crippen LogP contribution in [0.4, 0.5) is 18.9 Å². The van der Waals surface area contributed by atoms with Crippen LogP contribution >= 0.6 is 35.1 Å². The Morgan fingerprint density at radius 3 is 2.55 bits per heavy atom. The molecule has 0 saturated heterocycles. The van der Waals surface area contributed by atoms with Crippen LogP contribution in [0.25, 0.3) is 0 Å². The van der Waals surface area contributed by atoms with E-state index >= 15 is 0 Å². The molecule has 1 aliphatic heterocycles. The molecular weight excluding hydrogens is 331 g/mol. The van der Waals surface area contributed by atoms with Crippen LogP contribution in [0.2, 0.25) is 0 Å². The normalized spacial score (nSPS) is 16.9. The molecule has 0 saturated carbocycles. The smallest absolute Gasteiger partial charge is 0.260 e. The Kier molecular flexibility index (Phi) is 5.11. The lowest BCUT2D eigenvalue weighted by Crippen LogP contribution is -2.34. The van der Waals surface area contributed by atoms with Crippen molar-refractivity contribution < 1.29 is 13.2 Å². The lowest BCUT2D eigenvalue weighted by atomic mass is 10.3. The van der Waals surface area contributed by atoms with Crippen molar-refractivity contribution in [1.29, 1.82) is 0 Å². The Labute approximate surface area is 127 Å². The molecule has 0 aromatic heterocycles. The molecule has 1 aromatic rings. The summed E-state index contributed by atoms with van der Waals surface area (Å²) in [5.41, 5.74) is -2.11. The Bertz CT molecular complexity index is 496. The van der Waals surface area contributed by atoms with Gasteiger partial charge in [0.25, 0.3) is 0 Å². The molecule has 0 radical (unpaired) electrons. The van der Waals surface area contributed by atoms with Gasteiger partial charge in [-0.3, -0.25) is 10.0 Å². The van der Waals surface area contributed by atoms with Crippen LogP contribution in [0.3, 0.4) is 0 Å². The summed E-state index contributed by atoms with van der Waals surface area (Å²) in [7, 11) is 0. The number of thioether (sulfide) groups is 2. The Morgan fingerprint density at radius 2 is 2.05 bits per heavy atom. The third kappa shape index (κ3) is 3.75. The number of nitrogens with zero attached hydrogens (tertiary/aromatic N) is 2. The maximum atomic E-state index is 13.1. The maximum Gasteiger partial charge on any atom is 0.342 e. The van der Waals surface area contributed by atoms with Crippen molar-refractivity contribution >= 4 is 46.0 Å². The summed E-state index contributed by atoms with van der Waals surface area (Å²) in [6.45, 7) is 0.710. The monoisotopic (exact) mass is 341 g/mol. The van der Waals surface area contributed by atoms with Gasteiger partial charge in [-0.05, 0) is 36.0 Å². The number of anilines is 1. The van der Waals surface area contributed by atoms with E-state index in [-0.39, 0.29) is 16.7 Å². The molecule has 1 unspecified atom stereocenters. The third-order valence-corrected chi connectivity index (χ3v) is 4.76. The standard InChI is InChI=1S/C11H11ClF3N3S2/c12-9(13)11(14,15)20-8-3-1-7(2-4-8)18(16)10-17-5-6-19-10/h1-4,9H,5-6,16H2. The summed E-state index contributed by atoms with van der Waals surface area (Å²) < 4.78 is 38.8. The molecule has 3 nitrogen and oxygen atoms in total. The molecule has 0 bridgehead atoms. The Morgan fingerprint density at radius 1 is 1.40 bits per heavy atom. The zero-order valence-corrected chi connectivity index (χ0v) is 12.5. The van der Waals surface area contributed by atoms with Gasteiger partial charge in [-0.15, -0.1) is 0 Å². The van der Waals surface area contributed by atoms with Crippen LogP contribution in [0.15, 0.2) is 34.2 Å². The van der Waals surface area contributed by atoms with Crippen LogP contribution < -0.4 is 10.9 Å². The fourth-order valence-corrected chi connectivity index (χ4v) is 3.06. The molecule has 20 heavy (non-hydrogen) atoms. The van der Waals surface area contributed by atoms with Gasteiger partial charge >= 0.3 is 5.25 Å². The van der Waals surface area contributed by atoms with Crippen LogP contribution in [0, 0.1) is 0 Å². The van der Waals surface area contributed by atoms with E-state index in [0.29, 0.717) is 17.4 Å². The highest BCUT2D eigenvalue weighted by Crippen LogP contribution is 2.41. The number of nitrogens with two attached hydrogens (primary N) is 1. The lowest BCUT2D eigenvalue weighted by molar-refractivity contribution is 0.0537.